The van der Waals surface area contributed by atoms with Gasteiger partial charge < -0.3 is 5.73 Å². The lowest BCUT2D eigenvalue weighted by atomic mass is 9.87. The molecular weight excluding hydrogens is 204 g/mol. The van der Waals surface area contributed by atoms with E-state index < -0.39 is 0 Å². The SMILES string of the molecule is CCC(C)C(C)(N)c1nc(C(C)C)cs1. The highest BCUT2D eigenvalue weighted by atomic mass is 32.1. The molecule has 2 unspecified atom stereocenters. The van der Waals surface area contributed by atoms with Crippen molar-refractivity contribution in [3.05, 3.63) is 16.1 Å². The Morgan fingerprint density at radius 3 is 2.47 bits per heavy atom. The summed E-state index contributed by atoms with van der Waals surface area (Å²) in [6.07, 6.45) is 1.09. The fourth-order valence-corrected chi connectivity index (χ4v) is 2.60. The fraction of sp³-hybridized carbons (Fsp3) is 0.750. The molecule has 0 aliphatic rings. The third-order valence-electron chi connectivity index (χ3n) is 3.21. The fourth-order valence-electron chi connectivity index (χ4n) is 1.43. The molecule has 1 aromatic rings. The summed E-state index contributed by atoms with van der Waals surface area (Å²) in [5.41, 5.74) is 7.23. The van der Waals surface area contributed by atoms with Gasteiger partial charge in [0.1, 0.15) is 5.01 Å². The van der Waals surface area contributed by atoms with Crippen molar-refractivity contribution in [2.75, 3.05) is 0 Å². The van der Waals surface area contributed by atoms with Crippen molar-refractivity contribution in [2.24, 2.45) is 11.7 Å². The van der Waals surface area contributed by atoms with Crippen molar-refractivity contribution >= 4 is 11.3 Å². The van der Waals surface area contributed by atoms with Crippen LogP contribution in [0.5, 0.6) is 0 Å². The Labute approximate surface area is 96.9 Å². The van der Waals surface area contributed by atoms with Gasteiger partial charge in [0.15, 0.2) is 0 Å². The Kier molecular flexibility index (Phi) is 3.90. The van der Waals surface area contributed by atoms with Gasteiger partial charge in [-0.05, 0) is 18.8 Å². The van der Waals surface area contributed by atoms with Crippen LogP contribution in [0.3, 0.4) is 0 Å². The van der Waals surface area contributed by atoms with Crippen LogP contribution in [-0.4, -0.2) is 4.98 Å². The molecule has 15 heavy (non-hydrogen) atoms. The van der Waals surface area contributed by atoms with Gasteiger partial charge in [0, 0.05) is 5.38 Å². The molecule has 0 bridgehead atoms. The van der Waals surface area contributed by atoms with Crippen molar-refractivity contribution in [1.29, 1.82) is 0 Å². The minimum Gasteiger partial charge on any atom is -0.319 e. The predicted molar refractivity (Wildman–Crippen MR) is 67.2 cm³/mol. The van der Waals surface area contributed by atoms with Crippen molar-refractivity contribution in [2.45, 2.75) is 52.5 Å². The summed E-state index contributed by atoms with van der Waals surface area (Å²) in [6, 6.07) is 0. The monoisotopic (exact) mass is 226 g/mol. The first-order chi connectivity index (χ1) is 6.89. The van der Waals surface area contributed by atoms with E-state index in [0.717, 1.165) is 17.1 Å². The first-order valence-corrected chi connectivity index (χ1v) is 6.52. The lowest BCUT2D eigenvalue weighted by Crippen LogP contribution is -2.39. The highest BCUT2D eigenvalue weighted by Gasteiger charge is 2.30. The van der Waals surface area contributed by atoms with E-state index in [2.05, 4.69) is 45.0 Å². The number of hydrogen-bond donors (Lipinski definition) is 1. The molecule has 3 heteroatoms. The summed E-state index contributed by atoms with van der Waals surface area (Å²) in [5, 5.41) is 3.20. The van der Waals surface area contributed by atoms with Crippen molar-refractivity contribution in [1.82, 2.24) is 4.98 Å². The van der Waals surface area contributed by atoms with Crippen LogP contribution in [0.1, 0.15) is 57.7 Å². The summed E-state index contributed by atoms with van der Waals surface area (Å²) in [5.74, 6) is 0.950. The molecule has 0 saturated heterocycles. The van der Waals surface area contributed by atoms with Gasteiger partial charge in [-0.15, -0.1) is 11.3 Å². The summed E-state index contributed by atoms with van der Waals surface area (Å²) in [6.45, 7) is 10.8. The Balaban J connectivity index is 2.95. The summed E-state index contributed by atoms with van der Waals surface area (Å²) in [4.78, 5) is 4.64. The molecule has 0 aliphatic heterocycles. The van der Waals surface area contributed by atoms with Gasteiger partial charge in [-0.3, -0.25) is 0 Å². The van der Waals surface area contributed by atoms with E-state index in [1.54, 1.807) is 11.3 Å². The summed E-state index contributed by atoms with van der Waals surface area (Å²) >= 11 is 1.69. The van der Waals surface area contributed by atoms with Gasteiger partial charge in [-0.25, -0.2) is 4.98 Å². The maximum absolute atomic E-state index is 6.35. The first-order valence-electron chi connectivity index (χ1n) is 5.64. The maximum Gasteiger partial charge on any atom is 0.113 e. The second-order valence-corrected chi connectivity index (χ2v) is 5.68. The third-order valence-corrected chi connectivity index (χ3v) is 4.32. The van der Waals surface area contributed by atoms with E-state index in [0.29, 0.717) is 11.8 Å². The summed E-state index contributed by atoms with van der Waals surface area (Å²) < 4.78 is 0. The lowest BCUT2D eigenvalue weighted by molar-refractivity contribution is 0.314. The molecule has 0 aliphatic carbocycles. The minimum atomic E-state index is -0.285. The number of nitrogens with two attached hydrogens (primary N) is 1. The molecule has 2 nitrogen and oxygen atoms in total. The van der Waals surface area contributed by atoms with Gasteiger partial charge >= 0.3 is 0 Å². The topological polar surface area (TPSA) is 38.9 Å². The minimum absolute atomic E-state index is 0.285. The van der Waals surface area contributed by atoms with E-state index in [4.69, 9.17) is 5.73 Å². The molecule has 0 fully saturated rings. The van der Waals surface area contributed by atoms with Gasteiger partial charge in [0.2, 0.25) is 0 Å². The van der Waals surface area contributed by atoms with Crippen LogP contribution in [0.15, 0.2) is 5.38 Å². The van der Waals surface area contributed by atoms with Crippen LogP contribution < -0.4 is 5.73 Å². The van der Waals surface area contributed by atoms with Crippen LogP contribution in [0.2, 0.25) is 0 Å². The lowest BCUT2D eigenvalue weighted by Gasteiger charge is -2.28. The van der Waals surface area contributed by atoms with Crippen LogP contribution in [0.25, 0.3) is 0 Å². The number of rotatable bonds is 4. The number of aromatic nitrogens is 1. The molecule has 2 atom stereocenters. The Hall–Kier alpha value is -0.410. The van der Waals surface area contributed by atoms with Gasteiger partial charge in [-0.2, -0.15) is 0 Å². The van der Waals surface area contributed by atoms with Gasteiger partial charge in [-0.1, -0.05) is 34.1 Å². The molecule has 2 N–H and O–H groups in total. The highest BCUT2D eigenvalue weighted by molar-refractivity contribution is 7.09. The van der Waals surface area contributed by atoms with Crippen LogP contribution in [-0.2, 0) is 5.54 Å². The molecule has 0 aromatic carbocycles. The first kappa shape index (κ1) is 12.7. The Morgan fingerprint density at radius 2 is 2.07 bits per heavy atom. The standard InChI is InChI=1S/C12H22N2S/c1-6-9(4)12(5,13)11-14-10(7-15-11)8(2)3/h7-9H,6,13H2,1-5H3. The molecular formula is C12H22N2S. The van der Waals surface area contributed by atoms with Crippen molar-refractivity contribution < 1.29 is 0 Å². The number of hydrogen-bond acceptors (Lipinski definition) is 3. The van der Waals surface area contributed by atoms with Gasteiger partial charge in [0.25, 0.3) is 0 Å². The molecule has 1 heterocycles. The van der Waals surface area contributed by atoms with E-state index >= 15 is 0 Å². The molecule has 86 valence electrons. The molecule has 0 saturated carbocycles. The smallest absolute Gasteiger partial charge is 0.113 e. The van der Waals surface area contributed by atoms with Crippen molar-refractivity contribution in [3.63, 3.8) is 0 Å². The Morgan fingerprint density at radius 1 is 1.47 bits per heavy atom. The molecule has 1 rings (SSSR count). The van der Waals surface area contributed by atoms with E-state index in [-0.39, 0.29) is 5.54 Å². The quantitative estimate of drug-likeness (QED) is 0.853. The van der Waals surface area contributed by atoms with Gasteiger partial charge in [0.05, 0.1) is 11.2 Å². The zero-order chi connectivity index (χ0) is 11.6. The predicted octanol–water partition coefficient (Wildman–Crippen LogP) is 3.49. The van der Waals surface area contributed by atoms with Crippen LogP contribution >= 0.6 is 11.3 Å². The van der Waals surface area contributed by atoms with E-state index in [1.165, 1.54) is 0 Å². The van der Waals surface area contributed by atoms with E-state index in [9.17, 15) is 0 Å². The van der Waals surface area contributed by atoms with Crippen LogP contribution in [0.4, 0.5) is 0 Å². The highest BCUT2D eigenvalue weighted by Crippen LogP contribution is 2.32. The number of nitrogens with zero attached hydrogens (tertiary/aromatic N) is 1. The van der Waals surface area contributed by atoms with Crippen LogP contribution in [0, 0.1) is 5.92 Å². The third kappa shape index (κ3) is 2.58. The largest absolute Gasteiger partial charge is 0.319 e. The Bertz CT molecular complexity index is 315. The van der Waals surface area contributed by atoms with Crippen molar-refractivity contribution in [3.8, 4) is 0 Å². The molecule has 0 radical (unpaired) electrons. The molecule has 0 amide bonds. The number of thiazole rings is 1. The second kappa shape index (κ2) is 4.62. The average molecular weight is 226 g/mol. The van der Waals surface area contributed by atoms with E-state index in [1.807, 2.05) is 0 Å². The summed E-state index contributed by atoms with van der Waals surface area (Å²) in [7, 11) is 0. The molecule has 1 aromatic heterocycles. The zero-order valence-corrected chi connectivity index (χ0v) is 11.2. The maximum atomic E-state index is 6.35. The average Bonchev–Trinajstić information content (AvgIpc) is 2.65. The second-order valence-electron chi connectivity index (χ2n) is 4.82. The molecule has 0 spiro atoms. The zero-order valence-electron chi connectivity index (χ0n) is 10.4. The normalized spacial score (nSPS) is 17.8.